The fourth-order valence-corrected chi connectivity index (χ4v) is 4.00. The standard InChI is InChI=1S/C22H23N5O2/c1-13(2)29-22(28)26-16-9-18-17-8-15(11-23)4-5-20(17)27(21(18)10-16)12-19-14(3)24-6-7-25-19/h4-8,13,16H,9-10,12H2,1-3H3,(H,26,28). The second-order valence-corrected chi connectivity index (χ2v) is 7.65. The number of ether oxygens (including phenoxy) is 1. The van der Waals surface area contributed by atoms with Gasteiger partial charge in [-0.1, -0.05) is 0 Å². The molecule has 1 amide bonds. The lowest BCUT2D eigenvalue weighted by Crippen LogP contribution is -2.37. The second kappa shape index (κ2) is 7.55. The molecule has 7 nitrogen and oxygen atoms in total. The van der Waals surface area contributed by atoms with Gasteiger partial charge in [-0.15, -0.1) is 0 Å². The van der Waals surface area contributed by atoms with E-state index in [-0.39, 0.29) is 12.1 Å². The summed E-state index contributed by atoms with van der Waals surface area (Å²) in [4.78, 5) is 20.9. The van der Waals surface area contributed by atoms with Crippen LogP contribution in [-0.4, -0.2) is 32.8 Å². The molecule has 0 fully saturated rings. The van der Waals surface area contributed by atoms with Crippen LogP contribution in [0.2, 0.25) is 0 Å². The lowest BCUT2D eigenvalue weighted by Gasteiger charge is -2.16. The number of hydrogen-bond donors (Lipinski definition) is 1. The van der Waals surface area contributed by atoms with Crippen molar-refractivity contribution in [2.45, 2.75) is 52.3 Å². The van der Waals surface area contributed by atoms with Crippen LogP contribution in [0.4, 0.5) is 4.79 Å². The van der Waals surface area contributed by atoms with E-state index >= 15 is 0 Å². The molecule has 1 N–H and O–H groups in total. The maximum atomic E-state index is 12.1. The van der Waals surface area contributed by atoms with E-state index in [9.17, 15) is 10.1 Å². The number of aromatic nitrogens is 3. The fourth-order valence-electron chi connectivity index (χ4n) is 4.00. The molecule has 0 aliphatic heterocycles. The molecule has 0 radical (unpaired) electrons. The summed E-state index contributed by atoms with van der Waals surface area (Å²) in [6.07, 6.45) is 4.25. The van der Waals surface area contributed by atoms with E-state index in [1.54, 1.807) is 12.4 Å². The first kappa shape index (κ1) is 18.9. The van der Waals surface area contributed by atoms with Crippen LogP contribution in [0.15, 0.2) is 30.6 Å². The van der Waals surface area contributed by atoms with E-state index in [0.717, 1.165) is 28.0 Å². The molecule has 0 bridgehead atoms. The van der Waals surface area contributed by atoms with E-state index in [1.807, 2.05) is 39.0 Å². The number of amides is 1. The van der Waals surface area contributed by atoms with Gasteiger partial charge in [0.2, 0.25) is 0 Å². The molecule has 1 unspecified atom stereocenters. The van der Waals surface area contributed by atoms with Crippen molar-refractivity contribution >= 4 is 17.0 Å². The Hall–Kier alpha value is -3.40. The number of rotatable bonds is 4. The molecule has 29 heavy (non-hydrogen) atoms. The minimum absolute atomic E-state index is 0.0319. The molecule has 4 rings (SSSR count). The van der Waals surface area contributed by atoms with Gasteiger partial charge in [-0.3, -0.25) is 9.97 Å². The number of carbonyl (C=O) groups excluding carboxylic acids is 1. The van der Waals surface area contributed by atoms with Gasteiger partial charge in [0.25, 0.3) is 0 Å². The topological polar surface area (TPSA) is 92.8 Å². The largest absolute Gasteiger partial charge is 0.447 e. The highest BCUT2D eigenvalue weighted by molar-refractivity contribution is 5.88. The molecule has 2 aromatic heterocycles. The maximum absolute atomic E-state index is 12.1. The van der Waals surface area contributed by atoms with Crippen LogP contribution < -0.4 is 5.32 Å². The summed E-state index contributed by atoms with van der Waals surface area (Å²) in [6.45, 7) is 6.21. The summed E-state index contributed by atoms with van der Waals surface area (Å²) < 4.78 is 7.47. The van der Waals surface area contributed by atoms with Crippen LogP contribution in [-0.2, 0) is 24.1 Å². The van der Waals surface area contributed by atoms with Gasteiger partial charge in [0, 0.05) is 41.5 Å². The Kier molecular flexibility index (Phi) is 4.93. The highest BCUT2D eigenvalue weighted by atomic mass is 16.6. The van der Waals surface area contributed by atoms with Crippen molar-refractivity contribution in [1.82, 2.24) is 19.9 Å². The van der Waals surface area contributed by atoms with E-state index in [2.05, 4.69) is 25.9 Å². The Morgan fingerprint density at radius 2 is 2.14 bits per heavy atom. The van der Waals surface area contributed by atoms with Gasteiger partial charge in [0.15, 0.2) is 0 Å². The number of nitrogens with one attached hydrogen (secondary N) is 1. The van der Waals surface area contributed by atoms with Crippen molar-refractivity contribution in [3.63, 3.8) is 0 Å². The van der Waals surface area contributed by atoms with Crippen LogP contribution in [0.3, 0.4) is 0 Å². The molecule has 1 aliphatic rings. The van der Waals surface area contributed by atoms with Gasteiger partial charge < -0.3 is 14.6 Å². The molecular formula is C22H23N5O2. The summed E-state index contributed by atoms with van der Waals surface area (Å²) >= 11 is 0. The second-order valence-electron chi connectivity index (χ2n) is 7.65. The number of nitrogens with zero attached hydrogens (tertiary/aromatic N) is 4. The van der Waals surface area contributed by atoms with Crippen LogP contribution in [0.25, 0.3) is 10.9 Å². The van der Waals surface area contributed by atoms with Crippen molar-refractivity contribution in [3.8, 4) is 6.07 Å². The van der Waals surface area contributed by atoms with Crippen molar-refractivity contribution in [1.29, 1.82) is 5.26 Å². The normalized spacial score (nSPS) is 15.3. The first-order valence-corrected chi connectivity index (χ1v) is 9.74. The molecule has 0 saturated carbocycles. The minimum Gasteiger partial charge on any atom is -0.447 e. The molecule has 1 atom stereocenters. The van der Waals surface area contributed by atoms with Crippen molar-refractivity contribution in [3.05, 3.63) is 58.8 Å². The average Bonchev–Trinajstić information content (AvgIpc) is 3.20. The molecule has 3 aromatic rings. The third kappa shape index (κ3) is 3.66. The van der Waals surface area contributed by atoms with Gasteiger partial charge in [-0.2, -0.15) is 5.26 Å². The van der Waals surface area contributed by atoms with Crippen LogP contribution in [0.1, 0.15) is 42.1 Å². The number of aryl methyl sites for hydroxylation is 1. The summed E-state index contributed by atoms with van der Waals surface area (Å²) in [5.74, 6) is 0. The number of hydrogen-bond acceptors (Lipinski definition) is 5. The van der Waals surface area contributed by atoms with Gasteiger partial charge in [0.05, 0.1) is 35.7 Å². The molecule has 148 valence electrons. The molecule has 1 aromatic carbocycles. The summed E-state index contributed by atoms with van der Waals surface area (Å²) in [5.41, 5.74) is 5.84. The van der Waals surface area contributed by atoms with Crippen molar-refractivity contribution in [2.24, 2.45) is 0 Å². The Bertz CT molecular complexity index is 1130. The number of fused-ring (bicyclic) bond motifs is 3. The number of carbonyl (C=O) groups is 1. The quantitative estimate of drug-likeness (QED) is 0.739. The SMILES string of the molecule is Cc1nccnc1Cn1c2c(c3cc(C#N)ccc31)CC(NC(=O)OC(C)C)C2. The summed E-state index contributed by atoms with van der Waals surface area (Å²) in [5, 5.41) is 13.4. The van der Waals surface area contributed by atoms with E-state index in [4.69, 9.17) is 4.74 Å². The number of alkyl carbamates (subject to hydrolysis) is 1. The summed E-state index contributed by atoms with van der Waals surface area (Å²) in [7, 11) is 0. The maximum Gasteiger partial charge on any atom is 0.407 e. The predicted octanol–water partition coefficient (Wildman–Crippen LogP) is 3.26. The fraction of sp³-hybridized carbons (Fsp3) is 0.364. The highest BCUT2D eigenvalue weighted by Crippen LogP contribution is 2.34. The van der Waals surface area contributed by atoms with Gasteiger partial charge in [0.1, 0.15) is 0 Å². The van der Waals surface area contributed by atoms with Gasteiger partial charge in [-0.25, -0.2) is 4.79 Å². The van der Waals surface area contributed by atoms with Gasteiger partial charge in [-0.05, 0) is 51.0 Å². The molecule has 0 saturated heterocycles. The van der Waals surface area contributed by atoms with E-state index in [0.29, 0.717) is 24.9 Å². The predicted molar refractivity (Wildman–Crippen MR) is 108 cm³/mol. The lowest BCUT2D eigenvalue weighted by molar-refractivity contribution is 0.112. The van der Waals surface area contributed by atoms with Crippen LogP contribution >= 0.6 is 0 Å². The Morgan fingerprint density at radius 3 is 2.86 bits per heavy atom. The number of benzene rings is 1. The molecule has 7 heteroatoms. The van der Waals surface area contributed by atoms with E-state index < -0.39 is 6.09 Å². The smallest absolute Gasteiger partial charge is 0.407 e. The first-order chi connectivity index (χ1) is 14.0. The van der Waals surface area contributed by atoms with Crippen LogP contribution in [0, 0.1) is 18.3 Å². The zero-order chi connectivity index (χ0) is 20.5. The molecular weight excluding hydrogens is 366 g/mol. The monoisotopic (exact) mass is 389 g/mol. The highest BCUT2D eigenvalue weighted by Gasteiger charge is 2.30. The Balaban J connectivity index is 1.72. The van der Waals surface area contributed by atoms with Crippen LogP contribution in [0.5, 0.6) is 0 Å². The van der Waals surface area contributed by atoms with Crippen molar-refractivity contribution in [2.75, 3.05) is 0 Å². The zero-order valence-electron chi connectivity index (χ0n) is 16.8. The Morgan fingerprint density at radius 1 is 1.34 bits per heavy atom. The third-order valence-electron chi connectivity index (χ3n) is 5.26. The molecule has 2 heterocycles. The van der Waals surface area contributed by atoms with Gasteiger partial charge >= 0.3 is 6.09 Å². The Labute approximate surface area is 169 Å². The third-order valence-corrected chi connectivity index (χ3v) is 5.26. The summed E-state index contributed by atoms with van der Waals surface area (Å²) in [6, 6.07) is 7.96. The van der Waals surface area contributed by atoms with Crippen molar-refractivity contribution < 1.29 is 9.53 Å². The number of nitriles is 1. The average molecular weight is 389 g/mol. The minimum atomic E-state index is -0.395. The molecule has 0 spiro atoms. The molecule has 1 aliphatic carbocycles. The zero-order valence-corrected chi connectivity index (χ0v) is 16.8. The first-order valence-electron chi connectivity index (χ1n) is 9.74. The van der Waals surface area contributed by atoms with E-state index in [1.165, 1.54) is 5.56 Å². The lowest BCUT2D eigenvalue weighted by atomic mass is 10.1.